The average molecular weight is 272 g/mol. The quantitative estimate of drug-likeness (QED) is 0.619. The first kappa shape index (κ1) is 14.3. The summed E-state index contributed by atoms with van der Waals surface area (Å²) in [7, 11) is 0. The molecule has 19 heavy (non-hydrogen) atoms. The first-order chi connectivity index (χ1) is 8.94. The van der Waals surface area contributed by atoms with Crippen LogP contribution in [0.1, 0.15) is 57.4 Å². The minimum Gasteiger partial charge on any atom is -0.140 e. The Morgan fingerprint density at radius 3 is 2.47 bits per heavy atom. The third kappa shape index (κ3) is 3.09. The molecular weight excluding hydrogens is 248 g/mol. The van der Waals surface area contributed by atoms with E-state index >= 15 is 0 Å². The van der Waals surface area contributed by atoms with E-state index in [-0.39, 0.29) is 0 Å². The average Bonchev–Trinajstić information content (AvgIpc) is 2.89. The zero-order valence-corrected chi connectivity index (χ0v) is 13.5. The molecule has 0 amide bonds. The number of benzene rings is 1. The van der Waals surface area contributed by atoms with Crippen molar-refractivity contribution >= 4 is 11.3 Å². The molecule has 0 saturated carbocycles. The van der Waals surface area contributed by atoms with Gasteiger partial charge in [0.1, 0.15) is 0 Å². The summed E-state index contributed by atoms with van der Waals surface area (Å²) < 4.78 is 0. The van der Waals surface area contributed by atoms with Crippen LogP contribution in [0.3, 0.4) is 0 Å². The topological polar surface area (TPSA) is 0 Å². The van der Waals surface area contributed by atoms with Gasteiger partial charge in [-0.05, 0) is 41.0 Å². The van der Waals surface area contributed by atoms with Crippen LogP contribution >= 0.6 is 11.3 Å². The van der Waals surface area contributed by atoms with Crippen molar-refractivity contribution in [2.24, 2.45) is 0 Å². The Labute approximate surface area is 121 Å². The van der Waals surface area contributed by atoms with Crippen molar-refractivity contribution in [3.8, 4) is 10.4 Å². The van der Waals surface area contributed by atoms with Crippen molar-refractivity contribution < 1.29 is 0 Å². The molecule has 2 rings (SSSR count). The first-order valence-corrected chi connectivity index (χ1v) is 7.96. The van der Waals surface area contributed by atoms with Gasteiger partial charge in [0.05, 0.1) is 0 Å². The molecule has 0 radical (unpaired) electrons. The Kier molecular flexibility index (Phi) is 4.15. The smallest absolute Gasteiger partial charge is 0.0345 e. The third-order valence-corrected chi connectivity index (χ3v) is 5.50. The fourth-order valence-corrected chi connectivity index (χ4v) is 3.26. The summed E-state index contributed by atoms with van der Waals surface area (Å²) >= 11 is 1.94. The molecule has 0 N–H and O–H groups in total. The van der Waals surface area contributed by atoms with Gasteiger partial charge in [0.2, 0.25) is 0 Å². The third-order valence-electron chi connectivity index (χ3n) is 3.99. The van der Waals surface area contributed by atoms with E-state index in [1.807, 2.05) is 11.3 Å². The molecular formula is C18H24S. The molecule has 0 fully saturated rings. The standard InChI is InChI=1S/C18H24S/c1-6-18(4,5)17-11-10-16(19-17)15-9-7-8-14(12-15)13(2)3/h7-13H,6H2,1-5H3. The predicted molar refractivity (Wildman–Crippen MR) is 87.2 cm³/mol. The molecule has 0 atom stereocenters. The SMILES string of the molecule is CCC(C)(C)c1ccc(-c2cccc(C(C)C)c2)s1. The lowest BCUT2D eigenvalue weighted by Gasteiger charge is -2.20. The summed E-state index contributed by atoms with van der Waals surface area (Å²) in [6.07, 6.45) is 1.18. The van der Waals surface area contributed by atoms with Crippen molar-refractivity contribution in [2.45, 2.75) is 52.4 Å². The van der Waals surface area contributed by atoms with Gasteiger partial charge in [-0.2, -0.15) is 0 Å². The second-order valence-corrected chi connectivity index (χ2v) is 7.27. The Morgan fingerprint density at radius 1 is 1.11 bits per heavy atom. The van der Waals surface area contributed by atoms with Crippen molar-refractivity contribution in [3.63, 3.8) is 0 Å². The zero-order chi connectivity index (χ0) is 14.0. The van der Waals surface area contributed by atoms with E-state index in [9.17, 15) is 0 Å². The van der Waals surface area contributed by atoms with Crippen LogP contribution in [-0.4, -0.2) is 0 Å². The Bertz CT molecular complexity index is 546. The van der Waals surface area contributed by atoms with Gasteiger partial charge in [-0.3, -0.25) is 0 Å². The van der Waals surface area contributed by atoms with E-state index in [0.717, 1.165) is 0 Å². The summed E-state index contributed by atoms with van der Waals surface area (Å²) in [6.45, 7) is 11.4. The molecule has 1 aromatic heterocycles. The lowest BCUT2D eigenvalue weighted by molar-refractivity contribution is 0.517. The molecule has 0 aliphatic carbocycles. The fourth-order valence-electron chi connectivity index (χ4n) is 2.08. The van der Waals surface area contributed by atoms with Gasteiger partial charge in [0.25, 0.3) is 0 Å². The number of hydrogen-bond acceptors (Lipinski definition) is 1. The molecule has 0 spiro atoms. The molecule has 0 aliphatic rings. The highest BCUT2D eigenvalue weighted by molar-refractivity contribution is 7.15. The summed E-state index contributed by atoms with van der Waals surface area (Å²) in [5, 5.41) is 0. The van der Waals surface area contributed by atoms with E-state index in [1.165, 1.54) is 27.3 Å². The van der Waals surface area contributed by atoms with Crippen LogP contribution in [0.25, 0.3) is 10.4 Å². The van der Waals surface area contributed by atoms with E-state index in [4.69, 9.17) is 0 Å². The monoisotopic (exact) mass is 272 g/mol. The van der Waals surface area contributed by atoms with Crippen LogP contribution in [0.5, 0.6) is 0 Å². The van der Waals surface area contributed by atoms with Gasteiger partial charge in [0, 0.05) is 9.75 Å². The van der Waals surface area contributed by atoms with Gasteiger partial charge >= 0.3 is 0 Å². The highest BCUT2D eigenvalue weighted by atomic mass is 32.1. The number of thiophene rings is 1. The minimum absolute atomic E-state index is 0.290. The van der Waals surface area contributed by atoms with Crippen molar-refractivity contribution in [3.05, 3.63) is 46.8 Å². The maximum atomic E-state index is 2.33. The molecule has 0 aliphatic heterocycles. The summed E-state index contributed by atoms with van der Waals surface area (Å²) in [4.78, 5) is 2.87. The molecule has 0 nitrogen and oxygen atoms in total. The van der Waals surface area contributed by atoms with E-state index in [1.54, 1.807) is 0 Å². The molecule has 0 unspecified atom stereocenters. The lowest BCUT2D eigenvalue weighted by atomic mass is 9.89. The summed E-state index contributed by atoms with van der Waals surface area (Å²) in [5.74, 6) is 0.589. The fraction of sp³-hybridized carbons (Fsp3) is 0.444. The summed E-state index contributed by atoms with van der Waals surface area (Å²) in [6, 6.07) is 13.5. The van der Waals surface area contributed by atoms with Crippen LogP contribution in [0, 0.1) is 0 Å². The van der Waals surface area contributed by atoms with Gasteiger partial charge in [0.15, 0.2) is 0 Å². The van der Waals surface area contributed by atoms with E-state index < -0.39 is 0 Å². The molecule has 0 saturated heterocycles. The number of hydrogen-bond donors (Lipinski definition) is 0. The van der Waals surface area contributed by atoms with Gasteiger partial charge < -0.3 is 0 Å². The Morgan fingerprint density at radius 2 is 1.84 bits per heavy atom. The normalized spacial score (nSPS) is 12.1. The summed E-state index contributed by atoms with van der Waals surface area (Å²) in [5.41, 5.74) is 3.06. The van der Waals surface area contributed by atoms with Crippen molar-refractivity contribution in [2.75, 3.05) is 0 Å². The molecule has 0 bridgehead atoms. The molecule has 1 heterocycles. The van der Waals surface area contributed by atoms with E-state index in [2.05, 4.69) is 71.0 Å². The Hall–Kier alpha value is -1.08. The van der Waals surface area contributed by atoms with E-state index in [0.29, 0.717) is 11.3 Å². The molecule has 1 aromatic carbocycles. The molecule has 1 heteroatoms. The van der Waals surface area contributed by atoms with Crippen molar-refractivity contribution in [1.29, 1.82) is 0 Å². The minimum atomic E-state index is 0.290. The molecule has 2 aromatic rings. The second-order valence-electron chi connectivity index (χ2n) is 6.18. The van der Waals surface area contributed by atoms with Crippen LogP contribution in [-0.2, 0) is 5.41 Å². The Balaban J connectivity index is 2.35. The van der Waals surface area contributed by atoms with Crippen LogP contribution in [0.2, 0.25) is 0 Å². The predicted octanol–water partition coefficient (Wildman–Crippen LogP) is 6.23. The van der Waals surface area contributed by atoms with Crippen LogP contribution in [0.4, 0.5) is 0 Å². The zero-order valence-electron chi connectivity index (χ0n) is 12.7. The maximum Gasteiger partial charge on any atom is 0.0345 e. The lowest BCUT2D eigenvalue weighted by Crippen LogP contribution is -2.12. The molecule has 102 valence electrons. The maximum absolute atomic E-state index is 2.33. The van der Waals surface area contributed by atoms with Gasteiger partial charge in [-0.1, -0.05) is 58.9 Å². The number of rotatable bonds is 4. The van der Waals surface area contributed by atoms with Gasteiger partial charge in [-0.15, -0.1) is 11.3 Å². The van der Waals surface area contributed by atoms with Crippen LogP contribution in [0.15, 0.2) is 36.4 Å². The largest absolute Gasteiger partial charge is 0.140 e. The van der Waals surface area contributed by atoms with Crippen LogP contribution < -0.4 is 0 Å². The van der Waals surface area contributed by atoms with Gasteiger partial charge in [-0.25, -0.2) is 0 Å². The van der Waals surface area contributed by atoms with Crippen molar-refractivity contribution in [1.82, 2.24) is 0 Å². The second kappa shape index (κ2) is 5.50. The highest BCUT2D eigenvalue weighted by Crippen LogP contribution is 2.37. The first-order valence-electron chi connectivity index (χ1n) is 7.14. The highest BCUT2D eigenvalue weighted by Gasteiger charge is 2.20.